The van der Waals surface area contributed by atoms with Crippen molar-refractivity contribution in [1.82, 2.24) is 25.0 Å². The summed E-state index contributed by atoms with van der Waals surface area (Å²) in [6, 6.07) is 0. The van der Waals surface area contributed by atoms with Crippen LogP contribution in [0.15, 0.2) is 23.2 Å². The number of carbonyl (C=O) groups excluding carboxylic acids is 1. The summed E-state index contributed by atoms with van der Waals surface area (Å²) >= 11 is 3.33. The largest absolute Gasteiger partial charge is 0.355 e. The average molecular weight is 312 g/mol. The zero-order valence-corrected chi connectivity index (χ0v) is 11.6. The Kier molecular flexibility index (Phi) is 4.27. The van der Waals surface area contributed by atoms with Crippen molar-refractivity contribution in [3.63, 3.8) is 0 Å². The van der Waals surface area contributed by atoms with E-state index in [1.54, 1.807) is 6.20 Å². The molecule has 6 nitrogen and oxygen atoms in total. The highest BCUT2D eigenvalue weighted by atomic mass is 79.9. The zero-order valence-electron chi connectivity index (χ0n) is 9.98. The Hall–Kier alpha value is -1.47. The molecule has 7 heteroatoms. The third-order valence-electron chi connectivity index (χ3n) is 2.42. The molecular formula is C11H14BrN5O. The first-order chi connectivity index (χ1) is 8.66. The molecule has 2 heterocycles. The molecule has 0 aromatic carbocycles. The molecule has 0 saturated carbocycles. The van der Waals surface area contributed by atoms with Gasteiger partial charge in [-0.15, -0.1) is 0 Å². The first-order valence-electron chi connectivity index (χ1n) is 5.59. The zero-order chi connectivity index (χ0) is 13.0. The summed E-state index contributed by atoms with van der Waals surface area (Å²) in [5, 5.41) is 5.97. The molecule has 18 heavy (non-hydrogen) atoms. The van der Waals surface area contributed by atoms with Gasteiger partial charge in [-0.3, -0.25) is 9.20 Å². The van der Waals surface area contributed by atoms with Crippen molar-refractivity contribution < 1.29 is 4.79 Å². The van der Waals surface area contributed by atoms with Crippen LogP contribution >= 0.6 is 15.9 Å². The number of hydrogen-bond donors (Lipinski definition) is 2. The molecule has 0 aliphatic carbocycles. The van der Waals surface area contributed by atoms with Gasteiger partial charge >= 0.3 is 0 Å². The lowest BCUT2D eigenvalue weighted by molar-refractivity contribution is -0.118. The highest BCUT2D eigenvalue weighted by Crippen LogP contribution is 2.10. The van der Waals surface area contributed by atoms with E-state index in [1.165, 1.54) is 6.92 Å². The van der Waals surface area contributed by atoms with Gasteiger partial charge in [0.25, 0.3) is 0 Å². The summed E-state index contributed by atoms with van der Waals surface area (Å²) in [6.45, 7) is 3.54. The lowest BCUT2D eigenvalue weighted by Gasteiger charge is -2.05. The second-order valence-electron chi connectivity index (χ2n) is 3.85. The molecule has 0 bridgehead atoms. The van der Waals surface area contributed by atoms with Gasteiger partial charge in [0.1, 0.15) is 4.60 Å². The Bertz CT molecular complexity index is 553. The van der Waals surface area contributed by atoms with Gasteiger partial charge < -0.3 is 10.6 Å². The van der Waals surface area contributed by atoms with Crippen molar-refractivity contribution in [2.45, 2.75) is 13.5 Å². The molecule has 2 N–H and O–H groups in total. The van der Waals surface area contributed by atoms with E-state index in [4.69, 9.17) is 0 Å². The van der Waals surface area contributed by atoms with Crippen LogP contribution in [-0.2, 0) is 11.3 Å². The highest BCUT2D eigenvalue weighted by Gasteiger charge is 2.03. The van der Waals surface area contributed by atoms with Gasteiger partial charge in [-0.05, 0) is 15.9 Å². The highest BCUT2D eigenvalue weighted by molar-refractivity contribution is 9.10. The van der Waals surface area contributed by atoms with Crippen molar-refractivity contribution in [2.24, 2.45) is 0 Å². The predicted molar refractivity (Wildman–Crippen MR) is 71.1 cm³/mol. The van der Waals surface area contributed by atoms with Gasteiger partial charge in [-0.1, -0.05) is 0 Å². The van der Waals surface area contributed by atoms with Crippen molar-refractivity contribution in [3.05, 3.63) is 28.9 Å². The van der Waals surface area contributed by atoms with Crippen molar-refractivity contribution in [2.75, 3.05) is 13.1 Å². The van der Waals surface area contributed by atoms with Gasteiger partial charge in [-0.2, -0.15) is 0 Å². The summed E-state index contributed by atoms with van der Waals surface area (Å²) in [5.41, 5.74) is 1.87. The van der Waals surface area contributed by atoms with E-state index < -0.39 is 0 Å². The van der Waals surface area contributed by atoms with Crippen LogP contribution in [0.2, 0.25) is 0 Å². The molecule has 0 atom stereocenters. The van der Waals surface area contributed by atoms with Gasteiger partial charge in [-0.25, -0.2) is 9.97 Å². The Labute approximate surface area is 113 Å². The summed E-state index contributed by atoms with van der Waals surface area (Å²) in [5.74, 6) is -0.0124. The molecule has 0 saturated heterocycles. The van der Waals surface area contributed by atoms with E-state index in [0.29, 0.717) is 13.1 Å². The van der Waals surface area contributed by atoms with Gasteiger partial charge in [0.15, 0.2) is 5.65 Å². The quantitative estimate of drug-likeness (QED) is 0.798. The van der Waals surface area contributed by atoms with Gasteiger partial charge in [0.05, 0.1) is 18.1 Å². The standard InChI is InChI=1S/C11H14BrN5O/c1-8(18)14-3-2-13-4-9-5-16-11-6-15-10(12)7-17(9)11/h5-7,13H,2-4H2,1H3,(H,14,18). The van der Waals surface area contributed by atoms with E-state index in [2.05, 4.69) is 36.5 Å². The minimum absolute atomic E-state index is 0.0124. The summed E-state index contributed by atoms with van der Waals surface area (Å²) < 4.78 is 2.75. The minimum atomic E-state index is -0.0124. The number of imidazole rings is 1. The maximum absolute atomic E-state index is 10.7. The van der Waals surface area contributed by atoms with Crippen molar-refractivity contribution >= 4 is 27.5 Å². The minimum Gasteiger partial charge on any atom is -0.355 e. The fraction of sp³-hybridized carbons (Fsp3) is 0.364. The third-order valence-corrected chi connectivity index (χ3v) is 2.83. The number of nitrogens with one attached hydrogen (secondary N) is 2. The topological polar surface area (TPSA) is 71.3 Å². The molecule has 1 amide bonds. The molecule has 0 radical (unpaired) electrons. The van der Waals surface area contributed by atoms with Crippen LogP contribution in [0.5, 0.6) is 0 Å². The van der Waals surface area contributed by atoms with Crippen LogP contribution in [-0.4, -0.2) is 33.4 Å². The summed E-state index contributed by atoms with van der Waals surface area (Å²) in [6.07, 6.45) is 5.41. The molecule has 0 aliphatic rings. The molecule has 0 unspecified atom stereocenters. The lowest BCUT2D eigenvalue weighted by atomic mass is 10.4. The van der Waals surface area contributed by atoms with Gasteiger partial charge in [0.2, 0.25) is 5.91 Å². The van der Waals surface area contributed by atoms with Gasteiger partial charge in [0, 0.05) is 32.8 Å². The Balaban J connectivity index is 1.91. The first kappa shape index (κ1) is 13.0. The van der Waals surface area contributed by atoms with E-state index in [1.807, 2.05) is 16.8 Å². The Morgan fingerprint density at radius 1 is 1.39 bits per heavy atom. The Morgan fingerprint density at radius 3 is 3.00 bits per heavy atom. The number of aromatic nitrogens is 3. The summed E-state index contributed by atoms with van der Waals surface area (Å²) in [4.78, 5) is 19.1. The number of nitrogens with zero attached hydrogens (tertiary/aromatic N) is 3. The molecule has 2 aromatic heterocycles. The van der Waals surface area contributed by atoms with E-state index in [0.717, 1.165) is 22.5 Å². The maximum atomic E-state index is 10.7. The lowest BCUT2D eigenvalue weighted by Crippen LogP contribution is -2.30. The number of fused-ring (bicyclic) bond motifs is 1. The average Bonchev–Trinajstić information content (AvgIpc) is 2.71. The maximum Gasteiger partial charge on any atom is 0.216 e. The van der Waals surface area contributed by atoms with Crippen LogP contribution in [0.4, 0.5) is 0 Å². The molecule has 2 rings (SSSR count). The normalized spacial score (nSPS) is 10.8. The number of halogens is 1. The smallest absolute Gasteiger partial charge is 0.216 e. The fourth-order valence-corrected chi connectivity index (χ4v) is 1.90. The molecule has 2 aromatic rings. The summed E-state index contributed by atoms with van der Waals surface area (Å²) in [7, 11) is 0. The number of rotatable bonds is 5. The van der Waals surface area contributed by atoms with E-state index in [-0.39, 0.29) is 5.91 Å². The molecule has 0 fully saturated rings. The van der Waals surface area contributed by atoms with E-state index >= 15 is 0 Å². The number of carbonyl (C=O) groups is 1. The third kappa shape index (κ3) is 3.27. The second kappa shape index (κ2) is 5.92. The molecular weight excluding hydrogens is 298 g/mol. The van der Waals surface area contributed by atoms with Crippen molar-refractivity contribution in [1.29, 1.82) is 0 Å². The molecule has 0 aliphatic heterocycles. The number of hydrogen-bond acceptors (Lipinski definition) is 4. The molecule has 96 valence electrons. The number of amides is 1. The SMILES string of the molecule is CC(=O)NCCNCc1cnc2cnc(Br)cn12. The monoisotopic (exact) mass is 311 g/mol. The van der Waals surface area contributed by atoms with Crippen LogP contribution < -0.4 is 10.6 Å². The van der Waals surface area contributed by atoms with Crippen LogP contribution in [0.1, 0.15) is 12.6 Å². The van der Waals surface area contributed by atoms with Crippen LogP contribution in [0.3, 0.4) is 0 Å². The van der Waals surface area contributed by atoms with Crippen molar-refractivity contribution in [3.8, 4) is 0 Å². The Morgan fingerprint density at radius 2 is 2.22 bits per heavy atom. The fourth-order valence-electron chi connectivity index (χ4n) is 1.59. The first-order valence-corrected chi connectivity index (χ1v) is 6.39. The second-order valence-corrected chi connectivity index (χ2v) is 4.66. The molecule has 0 spiro atoms. The predicted octanol–water partition coefficient (Wildman–Crippen LogP) is 0.718. The van der Waals surface area contributed by atoms with Crippen LogP contribution in [0.25, 0.3) is 5.65 Å². The van der Waals surface area contributed by atoms with E-state index in [9.17, 15) is 4.79 Å². The van der Waals surface area contributed by atoms with Crippen LogP contribution in [0, 0.1) is 0 Å².